The van der Waals surface area contributed by atoms with Crippen LogP contribution in [-0.4, -0.2) is 26.0 Å². The normalized spacial score (nSPS) is 18.2. The molecule has 2 amide bonds. The number of aryl methyl sites for hydroxylation is 1. The van der Waals surface area contributed by atoms with Crippen LogP contribution in [0.1, 0.15) is 36.2 Å². The van der Waals surface area contributed by atoms with E-state index < -0.39 is 22.0 Å². The van der Waals surface area contributed by atoms with Crippen molar-refractivity contribution in [3.8, 4) is 0 Å². The Morgan fingerprint density at radius 1 is 1.06 bits per heavy atom. The summed E-state index contributed by atoms with van der Waals surface area (Å²) in [5, 5.41) is 4.85. The monoisotopic (exact) mass is 497 g/mol. The van der Waals surface area contributed by atoms with Crippen molar-refractivity contribution in [2.24, 2.45) is 5.92 Å². The predicted octanol–water partition coefficient (Wildman–Crippen LogP) is 4.94. The zero-order valence-electron chi connectivity index (χ0n) is 19.0. The maximum atomic E-state index is 13.3. The molecular weight excluding hydrogens is 470 g/mol. The van der Waals surface area contributed by atoms with Crippen LogP contribution in [0, 0.1) is 12.8 Å². The summed E-state index contributed by atoms with van der Waals surface area (Å²) in [6.45, 7) is 3.79. The van der Waals surface area contributed by atoms with E-state index in [2.05, 4.69) is 10.0 Å². The second-order valence-corrected chi connectivity index (χ2v) is 11.2. The minimum Gasteiger partial charge on any atom is -0.326 e. The van der Waals surface area contributed by atoms with Gasteiger partial charge in [0.25, 0.3) is 0 Å². The smallest absolute Gasteiger partial charge is 0.232 e. The molecule has 2 N–H and O–H groups in total. The fourth-order valence-electron chi connectivity index (χ4n) is 4.12. The van der Waals surface area contributed by atoms with Crippen LogP contribution in [0.2, 0.25) is 0 Å². The van der Waals surface area contributed by atoms with Gasteiger partial charge in [0.1, 0.15) is 0 Å². The minimum absolute atomic E-state index is 0.0444. The van der Waals surface area contributed by atoms with Gasteiger partial charge < -0.3 is 10.2 Å². The second-order valence-electron chi connectivity index (χ2n) is 8.36. The van der Waals surface area contributed by atoms with E-state index in [4.69, 9.17) is 0 Å². The Balaban J connectivity index is 1.54. The topological polar surface area (TPSA) is 95.6 Å². The van der Waals surface area contributed by atoms with E-state index in [9.17, 15) is 18.0 Å². The molecule has 178 valence electrons. The van der Waals surface area contributed by atoms with Crippen LogP contribution in [-0.2, 0) is 19.6 Å². The lowest BCUT2D eigenvalue weighted by molar-refractivity contribution is -0.122. The van der Waals surface area contributed by atoms with Gasteiger partial charge in [0.2, 0.25) is 21.8 Å². The van der Waals surface area contributed by atoms with Crippen molar-refractivity contribution in [2.75, 3.05) is 20.7 Å². The number of carbonyl (C=O) groups excluding carboxylic acids is 2. The molecule has 2 unspecified atom stereocenters. The Bertz CT molecular complexity index is 1250. The Hall–Kier alpha value is -3.17. The first kappa shape index (κ1) is 24.0. The lowest BCUT2D eigenvalue weighted by Crippen LogP contribution is -2.32. The summed E-state index contributed by atoms with van der Waals surface area (Å²) in [7, 11) is -3.39. The van der Waals surface area contributed by atoms with Crippen molar-refractivity contribution in [3.05, 3.63) is 76.5 Å². The average Bonchev–Trinajstić information content (AvgIpc) is 3.43. The largest absolute Gasteiger partial charge is 0.326 e. The first-order valence-electron chi connectivity index (χ1n) is 11.1. The van der Waals surface area contributed by atoms with Crippen LogP contribution >= 0.6 is 11.3 Å². The van der Waals surface area contributed by atoms with Crippen molar-refractivity contribution in [1.82, 2.24) is 0 Å². The molecule has 9 heteroatoms. The Morgan fingerprint density at radius 3 is 2.35 bits per heavy atom. The standard InChI is InChI=1S/C25H27N3O4S2/c1-3-15-34(31,32)27-19-10-8-18(9-11-19)26-25(30)21-16-23(29)28(20-12-6-17(2)7-13-20)24(21)22-5-4-14-33-22/h4-14,21,24,27H,3,15-16H2,1-2H3,(H,26,30). The Kier molecular flexibility index (Phi) is 7.04. The number of amides is 2. The summed E-state index contributed by atoms with van der Waals surface area (Å²) in [6, 6.07) is 17.7. The predicted molar refractivity (Wildman–Crippen MR) is 137 cm³/mol. The lowest BCUT2D eigenvalue weighted by atomic mass is 9.97. The zero-order valence-corrected chi connectivity index (χ0v) is 20.7. The molecule has 0 aliphatic carbocycles. The van der Waals surface area contributed by atoms with Crippen molar-refractivity contribution in [2.45, 2.75) is 32.7 Å². The Labute approximate surface area is 203 Å². The molecule has 0 bridgehead atoms. The maximum absolute atomic E-state index is 13.3. The van der Waals surface area contributed by atoms with Gasteiger partial charge in [-0.15, -0.1) is 11.3 Å². The summed E-state index contributed by atoms with van der Waals surface area (Å²) in [4.78, 5) is 29.0. The quantitative estimate of drug-likeness (QED) is 0.461. The third kappa shape index (κ3) is 5.31. The molecule has 0 spiro atoms. The number of benzene rings is 2. The van der Waals surface area contributed by atoms with E-state index in [0.717, 1.165) is 16.1 Å². The van der Waals surface area contributed by atoms with Gasteiger partial charge in [0.05, 0.1) is 17.7 Å². The third-order valence-corrected chi connectivity index (χ3v) is 8.14. The average molecular weight is 498 g/mol. The molecule has 1 saturated heterocycles. The van der Waals surface area contributed by atoms with Crippen molar-refractivity contribution < 1.29 is 18.0 Å². The van der Waals surface area contributed by atoms with Crippen molar-refractivity contribution in [3.63, 3.8) is 0 Å². The van der Waals surface area contributed by atoms with Crippen molar-refractivity contribution >= 4 is 50.2 Å². The molecule has 0 radical (unpaired) electrons. The fourth-order valence-corrected chi connectivity index (χ4v) is 6.14. The number of hydrogen-bond acceptors (Lipinski definition) is 5. The van der Waals surface area contributed by atoms with Gasteiger partial charge >= 0.3 is 0 Å². The van der Waals surface area contributed by atoms with E-state index in [1.54, 1.807) is 36.1 Å². The van der Waals surface area contributed by atoms with Crippen LogP contribution < -0.4 is 14.9 Å². The van der Waals surface area contributed by atoms with E-state index >= 15 is 0 Å². The van der Waals surface area contributed by atoms with Crippen LogP contribution in [0.15, 0.2) is 66.0 Å². The molecular formula is C25H27N3O4S2. The molecule has 1 fully saturated rings. The highest BCUT2D eigenvalue weighted by atomic mass is 32.2. The number of hydrogen-bond donors (Lipinski definition) is 2. The summed E-state index contributed by atoms with van der Waals surface area (Å²) < 4.78 is 26.5. The highest BCUT2D eigenvalue weighted by molar-refractivity contribution is 7.92. The van der Waals surface area contributed by atoms with E-state index in [-0.39, 0.29) is 24.0 Å². The summed E-state index contributed by atoms with van der Waals surface area (Å²) in [5.74, 6) is -0.859. The molecule has 1 aliphatic heterocycles. The maximum Gasteiger partial charge on any atom is 0.232 e. The number of thiophene rings is 1. The number of carbonyl (C=O) groups is 2. The fraction of sp³-hybridized carbons (Fsp3) is 0.280. The van der Waals surface area contributed by atoms with Crippen LogP contribution in [0.25, 0.3) is 0 Å². The van der Waals surface area contributed by atoms with E-state index in [1.165, 1.54) is 11.3 Å². The van der Waals surface area contributed by atoms with E-state index in [1.807, 2.05) is 48.7 Å². The second kappa shape index (κ2) is 9.99. The molecule has 2 atom stereocenters. The number of anilines is 3. The number of nitrogens with zero attached hydrogens (tertiary/aromatic N) is 1. The molecule has 2 aromatic carbocycles. The zero-order chi connectivity index (χ0) is 24.3. The van der Waals surface area contributed by atoms with Crippen LogP contribution in [0.3, 0.4) is 0 Å². The molecule has 3 aromatic rings. The third-order valence-electron chi connectivity index (χ3n) is 5.70. The Morgan fingerprint density at radius 2 is 1.74 bits per heavy atom. The summed E-state index contributed by atoms with van der Waals surface area (Å²) in [6.07, 6.45) is 0.631. The van der Waals surface area contributed by atoms with Crippen LogP contribution in [0.5, 0.6) is 0 Å². The van der Waals surface area contributed by atoms with Gasteiger partial charge in [-0.25, -0.2) is 8.42 Å². The van der Waals surface area contributed by atoms with Gasteiger partial charge in [-0.1, -0.05) is 30.7 Å². The highest BCUT2D eigenvalue weighted by Gasteiger charge is 2.45. The lowest BCUT2D eigenvalue weighted by Gasteiger charge is -2.27. The molecule has 2 heterocycles. The van der Waals surface area contributed by atoms with Crippen LogP contribution in [0.4, 0.5) is 17.1 Å². The molecule has 4 rings (SSSR count). The first-order valence-corrected chi connectivity index (χ1v) is 13.6. The molecule has 7 nitrogen and oxygen atoms in total. The van der Waals surface area contributed by atoms with Gasteiger partial charge in [-0.3, -0.25) is 14.3 Å². The summed E-state index contributed by atoms with van der Waals surface area (Å²) in [5.41, 5.74) is 2.84. The summed E-state index contributed by atoms with van der Waals surface area (Å²) >= 11 is 1.52. The number of rotatable bonds is 8. The minimum atomic E-state index is -3.39. The van der Waals surface area contributed by atoms with Gasteiger partial charge in [0.15, 0.2) is 0 Å². The van der Waals surface area contributed by atoms with Crippen molar-refractivity contribution in [1.29, 1.82) is 0 Å². The number of sulfonamides is 1. The van der Waals surface area contributed by atoms with Gasteiger partial charge in [-0.05, 0) is 61.2 Å². The van der Waals surface area contributed by atoms with Gasteiger partial charge in [0, 0.05) is 28.4 Å². The van der Waals surface area contributed by atoms with Gasteiger partial charge in [-0.2, -0.15) is 0 Å². The molecule has 1 aliphatic rings. The number of nitrogens with one attached hydrogen (secondary N) is 2. The highest BCUT2D eigenvalue weighted by Crippen LogP contribution is 2.43. The van der Waals surface area contributed by atoms with E-state index in [0.29, 0.717) is 17.8 Å². The SMILES string of the molecule is CCCS(=O)(=O)Nc1ccc(NC(=O)C2CC(=O)N(c3ccc(C)cc3)C2c2cccs2)cc1. The molecule has 34 heavy (non-hydrogen) atoms. The molecule has 0 saturated carbocycles. The first-order chi connectivity index (χ1) is 16.3. The molecule has 1 aromatic heterocycles.